The molecule has 0 saturated carbocycles. The van der Waals surface area contributed by atoms with Crippen molar-refractivity contribution in [3.8, 4) is 5.75 Å². The SMILES string of the molecule is CSc1ccc(OCCCCCCNC(C)C)cc1. The van der Waals surface area contributed by atoms with Crippen molar-refractivity contribution in [3.63, 3.8) is 0 Å². The highest BCUT2D eigenvalue weighted by molar-refractivity contribution is 7.98. The summed E-state index contributed by atoms with van der Waals surface area (Å²) >= 11 is 1.76. The van der Waals surface area contributed by atoms with Crippen molar-refractivity contribution in [2.45, 2.75) is 50.5 Å². The second kappa shape index (κ2) is 10.2. The monoisotopic (exact) mass is 281 g/mol. The van der Waals surface area contributed by atoms with Crippen molar-refractivity contribution in [2.24, 2.45) is 0 Å². The van der Waals surface area contributed by atoms with Crippen LogP contribution >= 0.6 is 11.8 Å². The molecule has 0 fully saturated rings. The molecule has 1 aromatic carbocycles. The Bertz CT molecular complexity index is 324. The van der Waals surface area contributed by atoms with Crippen molar-refractivity contribution in [1.82, 2.24) is 5.32 Å². The van der Waals surface area contributed by atoms with E-state index in [4.69, 9.17) is 4.74 Å². The molecule has 108 valence electrons. The van der Waals surface area contributed by atoms with Gasteiger partial charge >= 0.3 is 0 Å². The number of rotatable bonds is 10. The number of hydrogen-bond donors (Lipinski definition) is 1. The van der Waals surface area contributed by atoms with E-state index in [1.807, 2.05) is 0 Å². The van der Waals surface area contributed by atoms with Crippen molar-refractivity contribution < 1.29 is 4.74 Å². The molecule has 1 rings (SSSR count). The van der Waals surface area contributed by atoms with Crippen LogP contribution in [0.5, 0.6) is 5.75 Å². The second-order valence-electron chi connectivity index (χ2n) is 5.05. The number of unbranched alkanes of at least 4 members (excludes halogenated alkanes) is 3. The first-order chi connectivity index (χ1) is 9.22. The van der Waals surface area contributed by atoms with E-state index in [2.05, 4.69) is 49.7 Å². The normalized spacial score (nSPS) is 10.9. The lowest BCUT2D eigenvalue weighted by molar-refractivity contribution is 0.304. The number of ether oxygens (including phenoxy) is 1. The summed E-state index contributed by atoms with van der Waals surface area (Å²) in [7, 11) is 0. The third kappa shape index (κ3) is 8.17. The average Bonchev–Trinajstić information content (AvgIpc) is 2.42. The van der Waals surface area contributed by atoms with Crippen LogP contribution in [0.1, 0.15) is 39.5 Å². The fourth-order valence-corrected chi connectivity index (χ4v) is 2.24. The fraction of sp³-hybridized carbons (Fsp3) is 0.625. The van der Waals surface area contributed by atoms with Crippen LogP contribution in [0.3, 0.4) is 0 Å². The predicted octanol–water partition coefficient (Wildman–Crippen LogP) is 4.35. The van der Waals surface area contributed by atoms with E-state index in [1.165, 1.54) is 24.2 Å². The first-order valence-corrected chi connectivity index (χ1v) is 8.45. The van der Waals surface area contributed by atoms with Gasteiger partial charge in [-0.3, -0.25) is 0 Å². The smallest absolute Gasteiger partial charge is 0.119 e. The van der Waals surface area contributed by atoms with Crippen LogP contribution in [0.15, 0.2) is 29.2 Å². The molecule has 3 heteroatoms. The summed E-state index contributed by atoms with van der Waals surface area (Å²) in [6.07, 6.45) is 7.04. The van der Waals surface area contributed by atoms with Crippen molar-refractivity contribution in [2.75, 3.05) is 19.4 Å². The lowest BCUT2D eigenvalue weighted by Gasteiger charge is -2.08. The van der Waals surface area contributed by atoms with Gasteiger partial charge in [0.1, 0.15) is 5.75 Å². The van der Waals surface area contributed by atoms with E-state index in [0.29, 0.717) is 6.04 Å². The first kappa shape index (κ1) is 16.4. The molecular formula is C16H27NOS. The Kier molecular flexibility index (Phi) is 8.76. The predicted molar refractivity (Wildman–Crippen MR) is 85.3 cm³/mol. The third-order valence-electron chi connectivity index (χ3n) is 2.95. The van der Waals surface area contributed by atoms with Crippen molar-refractivity contribution in [1.29, 1.82) is 0 Å². The zero-order valence-electron chi connectivity index (χ0n) is 12.4. The zero-order valence-corrected chi connectivity index (χ0v) is 13.3. The summed E-state index contributed by atoms with van der Waals surface area (Å²) < 4.78 is 5.73. The molecule has 0 aliphatic heterocycles. The molecule has 1 N–H and O–H groups in total. The highest BCUT2D eigenvalue weighted by atomic mass is 32.2. The number of benzene rings is 1. The van der Waals surface area contributed by atoms with Crippen LogP contribution in [-0.2, 0) is 0 Å². The molecule has 1 aromatic rings. The van der Waals surface area contributed by atoms with Gasteiger partial charge in [0.15, 0.2) is 0 Å². The molecule has 2 nitrogen and oxygen atoms in total. The average molecular weight is 281 g/mol. The van der Waals surface area contributed by atoms with Crippen LogP contribution in [0.2, 0.25) is 0 Å². The second-order valence-corrected chi connectivity index (χ2v) is 5.93. The summed E-state index contributed by atoms with van der Waals surface area (Å²) in [5.74, 6) is 0.985. The molecule has 0 heterocycles. The van der Waals surface area contributed by atoms with Gasteiger partial charge in [0.05, 0.1) is 6.61 Å². The molecule has 0 unspecified atom stereocenters. The van der Waals surface area contributed by atoms with E-state index in [1.54, 1.807) is 11.8 Å². The maximum Gasteiger partial charge on any atom is 0.119 e. The van der Waals surface area contributed by atoms with E-state index >= 15 is 0 Å². The summed E-state index contributed by atoms with van der Waals surface area (Å²) in [5, 5.41) is 3.44. The summed E-state index contributed by atoms with van der Waals surface area (Å²) in [6.45, 7) is 6.34. The number of hydrogen-bond acceptors (Lipinski definition) is 3. The zero-order chi connectivity index (χ0) is 13.9. The molecule has 0 aromatic heterocycles. The van der Waals surface area contributed by atoms with Crippen LogP contribution < -0.4 is 10.1 Å². The Balaban J connectivity index is 1.98. The van der Waals surface area contributed by atoms with Gasteiger partial charge in [0.25, 0.3) is 0 Å². The molecule has 0 saturated heterocycles. The van der Waals surface area contributed by atoms with E-state index in [9.17, 15) is 0 Å². The Hall–Kier alpha value is -0.670. The van der Waals surface area contributed by atoms with Crippen molar-refractivity contribution in [3.05, 3.63) is 24.3 Å². The van der Waals surface area contributed by atoms with Gasteiger partial charge in [-0.15, -0.1) is 11.8 Å². The minimum atomic E-state index is 0.604. The largest absolute Gasteiger partial charge is 0.494 e. The van der Waals surface area contributed by atoms with Gasteiger partial charge in [-0.1, -0.05) is 26.7 Å². The molecule has 0 bridgehead atoms. The Labute approximate surface area is 122 Å². The highest BCUT2D eigenvalue weighted by Gasteiger charge is 1.96. The van der Waals surface area contributed by atoms with Crippen LogP contribution in [-0.4, -0.2) is 25.4 Å². The van der Waals surface area contributed by atoms with Gasteiger partial charge in [-0.25, -0.2) is 0 Å². The van der Waals surface area contributed by atoms with Crippen LogP contribution in [0.4, 0.5) is 0 Å². The maximum absolute atomic E-state index is 5.73. The topological polar surface area (TPSA) is 21.3 Å². The minimum Gasteiger partial charge on any atom is -0.494 e. The van der Waals surface area contributed by atoms with Gasteiger partial charge in [-0.2, -0.15) is 0 Å². The van der Waals surface area contributed by atoms with Crippen LogP contribution in [0.25, 0.3) is 0 Å². The Morgan fingerprint density at radius 3 is 2.37 bits per heavy atom. The lowest BCUT2D eigenvalue weighted by atomic mass is 10.2. The van der Waals surface area contributed by atoms with Gasteiger partial charge < -0.3 is 10.1 Å². The molecule has 19 heavy (non-hydrogen) atoms. The molecule has 0 amide bonds. The molecule has 0 aliphatic carbocycles. The lowest BCUT2D eigenvalue weighted by Crippen LogP contribution is -2.23. The van der Waals surface area contributed by atoms with Gasteiger partial charge in [0.2, 0.25) is 0 Å². The highest BCUT2D eigenvalue weighted by Crippen LogP contribution is 2.19. The van der Waals surface area contributed by atoms with E-state index in [0.717, 1.165) is 25.3 Å². The molecule has 0 atom stereocenters. The number of nitrogens with one attached hydrogen (secondary N) is 1. The fourth-order valence-electron chi connectivity index (χ4n) is 1.83. The quantitative estimate of drug-likeness (QED) is 0.509. The third-order valence-corrected chi connectivity index (χ3v) is 3.70. The van der Waals surface area contributed by atoms with Gasteiger partial charge in [-0.05, 0) is 49.9 Å². The van der Waals surface area contributed by atoms with Crippen molar-refractivity contribution >= 4 is 11.8 Å². The first-order valence-electron chi connectivity index (χ1n) is 7.22. The molecular weight excluding hydrogens is 254 g/mol. The summed E-state index contributed by atoms with van der Waals surface area (Å²) in [5.41, 5.74) is 0. The summed E-state index contributed by atoms with van der Waals surface area (Å²) in [4.78, 5) is 1.28. The van der Waals surface area contributed by atoms with E-state index < -0.39 is 0 Å². The molecule has 0 radical (unpaired) electrons. The van der Waals surface area contributed by atoms with E-state index in [-0.39, 0.29) is 0 Å². The Morgan fingerprint density at radius 2 is 1.74 bits per heavy atom. The molecule has 0 spiro atoms. The van der Waals surface area contributed by atoms with Crippen LogP contribution in [0, 0.1) is 0 Å². The number of thioether (sulfide) groups is 1. The maximum atomic E-state index is 5.73. The molecule has 0 aliphatic rings. The standard InChI is InChI=1S/C16H27NOS/c1-14(2)17-12-6-4-5-7-13-18-15-8-10-16(19-3)11-9-15/h8-11,14,17H,4-7,12-13H2,1-3H3. The Morgan fingerprint density at radius 1 is 1.05 bits per heavy atom. The summed E-state index contributed by atoms with van der Waals surface area (Å²) in [6, 6.07) is 8.93. The minimum absolute atomic E-state index is 0.604. The van der Waals surface area contributed by atoms with Gasteiger partial charge in [0, 0.05) is 10.9 Å².